The second-order valence-corrected chi connectivity index (χ2v) is 5.58. The average Bonchev–Trinajstić information content (AvgIpc) is 2.85. The molecule has 0 aliphatic heterocycles. The predicted molar refractivity (Wildman–Crippen MR) is 88.6 cm³/mol. The Morgan fingerprint density at radius 3 is 2.65 bits per heavy atom. The molecule has 3 aromatic rings. The van der Waals surface area contributed by atoms with E-state index in [-0.39, 0.29) is 12.5 Å². The van der Waals surface area contributed by atoms with Gasteiger partial charge in [0.05, 0.1) is 5.52 Å². The van der Waals surface area contributed by atoms with Crippen LogP contribution < -0.4 is 11.1 Å². The minimum Gasteiger partial charge on any atom is -0.408 e. The number of nitrogens with zero attached hydrogens (tertiary/aromatic N) is 1. The van der Waals surface area contributed by atoms with Crippen molar-refractivity contribution in [3.63, 3.8) is 0 Å². The van der Waals surface area contributed by atoms with Crippen LogP contribution in [0, 0.1) is 0 Å². The van der Waals surface area contributed by atoms with Gasteiger partial charge in [-0.2, -0.15) is 0 Å². The molecule has 23 heavy (non-hydrogen) atoms. The van der Waals surface area contributed by atoms with Crippen LogP contribution in [0.15, 0.2) is 57.7 Å². The van der Waals surface area contributed by atoms with Gasteiger partial charge < -0.3 is 9.73 Å². The molecule has 1 heterocycles. The van der Waals surface area contributed by atoms with Crippen molar-refractivity contribution in [1.29, 1.82) is 0 Å². The van der Waals surface area contributed by atoms with E-state index in [1.165, 1.54) is 4.57 Å². The van der Waals surface area contributed by atoms with Crippen LogP contribution in [0.3, 0.4) is 0 Å². The topological polar surface area (TPSA) is 64.2 Å². The Balaban J connectivity index is 1.59. The van der Waals surface area contributed by atoms with Crippen molar-refractivity contribution >= 4 is 28.6 Å². The van der Waals surface area contributed by atoms with Crippen LogP contribution in [0.1, 0.15) is 5.56 Å². The van der Waals surface area contributed by atoms with Crippen LogP contribution in [0.5, 0.6) is 0 Å². The molecule has 0 radical (unpaired) electrons. The van der Waals surface area contributed by atoms with Crippen molar-refractivity contribution in [2.75, 3.05) is 6.54 Å². The summed E-state index contributed by atoms with van der Waals surface area (Å²) in [6.07, 6.45) is 0.698. The van der Waals surface area contributed by atoms with Gasteiger partial charge in [0.1, 0.15) is 6.54 Å². The predicted octanol–water partition coefficient (Wildman–Crippen LogP) is 2.61. The van der Waals surface area contributed by atoms with Gasteiger partial charge in [0.15, 0.2) is 5.58 Å². The molecule has 6 heteroatoms. The van der Waals surface area contributed by atoms with E-state index in [1.54, 1.807) is 24.3 Å². The van der Waals surface area contributed by atoms with Crippen LogP contribution in [0.4, 0.5) is 0 Å². The Morgan fingerprint density at radius 1 is 1.13 bits per heavy atom. The van der Waals surface area contributed by atoms with Crippen molar-refractivity contribution < 1.29 is 9.21 Å². The van der Waals surface area contributed by atoms with Gasteiger partial charge in [0.2, 0.25) is 5.91 Å². The molecule has 0 spiro atoms. The summed E-state index contributed by atoms with van der Waals surface area (Å²) in [6, 6.07) is 14.5. The van der Waals surface area contributed by atoms with E-state index in [4.69, 9.17) is 16.0 Å². The van der Waals surface area contributed by atoms with Gasteiger partial charge in [-0.3, -0.25) is 9.36 Å². The fourth-order valence-electron chi connectivity index (χ4n) is 2.36. The number of aromatic nitrogens is 1. The molecular weight excluding hydrogens is 316 g/mol. The molecule has 0 saturated carbocycles. The van der Waals surface area contributed by atoms with Gasteiger partial charge in [0.25, 0.3) is 0 Å². The third kappa shape index (κ3) is 3.63. The zero-order chi connectivity index (χ0) is 16.2. The fourth-order valence-corrected chi connectivity index (χ4v) is 2.49. The van der Waals surface area contributed by atoms with Crippen molar-refractivity contribution in [3.8, 4) is 0 Å². The Bertz CT molecular complexity index is 881. The van der Waals surface area contributed by atoms with Gasteiger partial charge in [-0.05, 0) is 36.2 Å². The average molecular weight is 331 g/mol. The second kappa shape index (κ2) is 6.71. The van der Waals surface area contributed by atoms with E-state index in [0.29, 0.717) is 29.1 Å². The fraction of sp³-hybridized carbons (Fsp3) is 0.176. The number of oxazole rings is 1. The number of benzene rings is 2. The van der Waals surface area contributed by atoms with E-state index in [9.17, 15) is 9.59 Å². The summed E-state index contributed by atoms with van der Waals surface area (Å²) in [7, 11) is 0. The summed E-state index contributed by atoms with van der Waals surface area (Å²) in [5.41, 5.74) is 2.18. The number of rotatable bonds is 5. The summed E-state index contributed by atoms with van der Waals surface area (Å²) in [5, 5.41) is 3.49. The second-order valence-electron chi connectivity index (χ2n) is 5.15. The van der Waals surface area contributed by atoms with Crippen LogP contribution in [0.2, 0.25) is 5.02 Å². The zero-order valence-corrected chi connectivity index (χ0v) is 13.0. The number of carbonyl (C=O) groups excluding carboxylic acids is 1. The molecule has 0 unspecified atom stereocenters. The van der Waals surface area contributed by atoms with Gasteiger partial charge in [-0.1, -0.05) is 35.9 Å². The van der Waals surface area contributed by atoms with Crippen molar-refractivity contribution in [3.05, 3.63) is 69.7 Å². The molecule has 5 nitrogen and oxygen atoms in total. The summed E-state index contributed by atoms with van der Waals surface area (Å²) < 4.78 is 6.43. The molecule has 0 bridgehead atoms. The lowest BCUT2D eigenvalue weighted by Gasteiger charge is -2.06. The zero-order valence-electron chi connectivity index (χ0n) is 12.3. The van der Waals surface area contributed by atoms with Crippen LogP contribution in [-0.4, -0.2) is 17.0 Å². The van der Waals surface area contributed by atoms with Crippen molar-refractivity contribution in [2.24, 2.45) is 0 Å². The minimum atomic E-state index is -0.529. The number of nitrogens with one attached hydrogen (secondary N) is 1. The lowest BCUT2D eigenvalue weighted by molar-refractivity contribution is -0.121. The summed E-state index contributed by atoms with van der Waals surface area (Å²) in [5.74, 6) is -0.758. The number of para-hydroxylation sites is 2. The summed E-state index contributed by atoms with van der Waals surface area (Å²) in [4.78, 5) is 23.8. The first kappa shape index (κ1) is 15.4. The van der Waals surface area contributed by atoms with E-state index >= 15 is 0 Å². The Hall–Kier alpha value is -2.53. The number of hydrogen-bond donors (Lipinski definition) is 1. The maximum atomic E-state index is 12.0. The molecule has 2 aromatic carbocycles. The van der Waals surface area contributed by atoms with Crippen molar-refractivity contribution in [1.82, 2.24) is 9.88 Å². The third-order valence-corrected chi connectivity index (χ3v) is 3.78. The standard InChI is InChI=1S/C17H15ClN2O3/c18-13-7-5-12(6-8-13)9-10-19-16(21)11-20-14-3-1-2-4-15(14)23-17(20)22/h1-8H,9-11H2,(H,19,21). The highest BCUT2D eigenvalue weighted by Crippen LogP contribution is 2.11. The molecule has 1 N–H and O–H groups in total. The third-order valence-electron chi connectivity index (χ3n) is 3.52. The number of halogens is 1. The molecule has 0 fully saturated rings. The van der Waals surface area contributed by atoms with E-state index in [2.05, 4.69) is 5.32 Å². The van der Waals surface area contributed by atoms with Crippen LogP contribution >= 0.6 is 11.6 Å². The molecule has 0 atom stereocenters. The monoisotopic (exact) mass is 330 g/mol. The number of carbonyl (C=O) groups is 1. The molecule has 0 saturated heterocycles. The van der Waals surface area contributed by atoms with Gasteiger partial charge >= 0.3 is 5.76 Å². The maximum Gasteiger partial charge on any atom is 0.420 e. The molecule has 3 rings (SSSR count). The quantitative estimate of drug-likeness (QED) is 0.782. The smallest absolute Gasteiger partial charge is 0.408 e. The van der Waals surface area contributed by atoms with Gasteiger partial charge in [-0.15, -0.1) is 0 Å². The van der Waals surface area contributed by atoms with Gasteiger partial charge in [0, 0.05) is 11.6 Å². The summed E-state index contributed by atoms with van der Waals surface area (Å²) >= 11 is 5.83. The molecule has 1 aromatic heterocycles. The molecular formula is C17H15ClN2O3. The molecule has 118 valence electrons. The number of amides is 1. The highest BCUT2D eigenvalue weighted by Gasteiger charge is 2.11. The van der Waals surface area contributed by atoms with E-state index in [1.807, 2.05) is 24.3 Å². The highest BCUT2D eigenvalue weighted by atomic mass is 35.5. The lowest BCUT2D eigenvalue weighted by Crippen LogP contribution is -2.32. The lowest BCUT2D eigenvalue weighted by atomic mass is 10.1. The Morgan fingerprint density at radius 2 is 1.87 bits per heavy atom. The van der Waals surface area contributed by atoms with Gasteiger partial charge in [-0.25, -0.2) is 4.79 Å². The minimum absolute atomic E-state index is 0.0591. The van der Waals surface area contributed by atoms with Crippen molar-refractivity contribution in [2.45, 2.75) is 13.0 Å². The highest BCUT2D eigenvalue weighted by molar-refractivity contribution is 6.30. The molecule has 1 amide bonds. The molecule has 0 aliphatic carbocycles. The molecule has 0 aliphatic rings. The van der Waals surface area contributed by atoms with Crippen LogP contribution in [0.25, 0.3) is 11.1 Å². The largest absolute Gasteiger partial charge is 0.420 e. The SMILES string of the molecule is O=C(Cn1c(=O)oc2ccccc21)NCCc1ccc(Cl)cc1. The first-order chi connectivity index (χ1) is 11.1. The van der Waals surface area contributed by atoms with Crippen LogP contribution in [-0.2, 0) is 17.8 Å². The van der Waals surface area contributed by atoms with E-state index < -0.39 is 5.76 Å². The Kier molecular flexibility index (Phi) is 4.48. The first-order valence-corrected chi connectivity index (χ1v) is 7.61. The Labute approximate surface area is 137 Å². The van der Waals surface area contributed by atoms with E-state index in [0.717, 1.165) is 5.56 Å². The number of fused-ring (bicyclic) bond motifs is 1. The number of hydrogen-bond acceptors (Lipinski definition) is 3. The first-order valence-electron chi connectivity index (χ1n) is 7.23. The summed E-state index contributed by atoms with van der Waals surface area (Å²) in [6.45, 7) is 0.432. The normalized spacial score (nSPS) is 10.8. The maximum absolute atomic E-state index is 12.0.